The first-order valence-corrected chi connectivity index (χ1v) is 10.3. The summed E-state index contributed by atoms with van der Waals surface area (Å²) in [5.74, 6) is 0.350. The van der Waals surface area contributed by atoms with E-state index in [4.69, 9.17) is 5.11 Å². The fourth-order valence-corrected chi connectivity index (χ4v) is 3.97. The molecule has 0 aliphatic heterocycles. The maximum absolute atomic E-state index is 12.1. The fraction of sp³-hybridized carbons (Fsp3) is 0.789. The summed E-state index contributed by atoms with van der Waals surface area (Å²) in [7, 11) is 0. The fourth-order valence-electron chi connectivity index (χ4n) is 3.23. The SMILES string of the molecule is CCCCCCC=C[C@H]1CCC(=O)[C@@H]1CCCCSC(O)C(=O)O. The number of hydrogen-bond acceptors (Lipinski definition) is 4. The highest BCUT2D eigenvalue weighted by Crippen LogP contribution is 2.34. The predicted octanol–water partition coefficient (Wildman–Crippen LogP) is 4.41. The largest absolute Gasteiger partial charge is 0.479 e. The molecule has 1 unspecified atom stereocenters. The van der Waals surface area contributed by atoms with E-state index in [2.05, 4.69) is 19.1 Å². The molecule has 1 aliphatic carbocycles. The Bertz CT molecular complexity index is 408. The number of aliphatic hydroxyl groups is 1. The van der Waals surface area contributed by atoms with E-state index in [1.54, 1.807) is 0 Å². The van der Waals surface area contributed by atoms with Crippen LogP contribution in [0.3, 0.4) is 0 Å². The van der Waals surface area contributed by atoms with Crippen molar-refractivity contribution in [3.05, 3.63) is 12.2 Å². The van der Waals surface area contributed by atoms with Crippen LogP contribution in [0.1, 0.15) is 71.1 Å². The molecule has 0 aromatic heterocycles. The molecule has 0 radical (unpaired) electrons. The zero-order chi connectivity index (χ0) is 17.8. The highest BCUT2D eigenvalue weighted by atomic mass is 32.2. The molecule has 5 heteroatoms. The van der Waals surface area contributed by atoms with Crippen molar-refractivity contribution >= 4 is 23.5 Å². The summed E-state index contributed by atoms with van der Waals surface area (Å²) in [6, 6.07) is 0. The number of unbranched alkanes of at least 4 members (excludes halogenated alkanes) is 5. The molecule has 0 aromatic carbocycles. The monoisotopic (exact) mass is 356 g/mol. The van der Waals surface area contributed by atoms with E-state index in [1.165, 1.54) is 25.7 Å². The number of allylic oxidation sites excluding steroid dienone is 2. The number of carbonyl (C=O) groups excluding carboxylic acids is 1. The molecule has 0 heterocycles. The zero-order valence-electron chi connectivity index (χ0n) is 14.8. The van der Waals surface area contributed by atoms with Gasteiger partial charge in [-0.3, -0.25) is 4.79 Å². The number of aliphatic hydroxyl groups excluding tert-OH is 1. The minimum absolute atomic E-state index is 0.145. The number of thioether (sulfide) groups is 1. The average molecular weight is 357 g/mol. The van der Waals surface area contributed by atoms with Crippen molar-refractivity contribution in [2.75, 3.05) is 5.75 Å². The second-order valence-corrected chi connectivity index (χ2v) is 7.80. The average Bonchev–Trinajstić information content (AvgIpc) is 2.90. The van der Waals surface area contributed by atoms with Gasteiger partial charge in [-0.05, 0) is 43.8 Å². The highest BCUT2D eigenvalue weighted by Gasteiger charge is 2.32. The third kappa shape index (κ3) is 8.34. The molecule has 0 bridgehead atoms. The van der Waals surface area contributed by atoms with Gasteiger partial charge in [0.05, 0.1) is 0 Å². The van der Waals surface area contributed by atoms with Gasteiger partial charge in [0.2, 0.25) is 0 Å². The molecular formula is C19H32O4S. The smallest absolute Gasteiger partial charge is 0.343 e. The van der Waals surface area contributed by atoms with Gasteiger partial charge in [0.15, 0.2) is 5.44 Å². The van der Waals surface area contributed by atoms with E-state index < -0.39 is 11.4 Å². The molecule has 0 aromatic rings. The molecule has 0 amide bonds. The first-order valence-electron chi connectivity index (χ1n) is 9.28. The van der Waals surface area contributed by atoms with Crippen molar-refractivity contribution in [3.8, 4) is 0 Å². The van der Waals surface area contributed by atoms with Crippen molar-refractivity contribution in [3.63, 3.8) is 0 Å². The van der Waals surface area contributed by atoms with Crippen molar-refractivity contribution in [1.82, 2.24) is 0 Å². The molecule has 1 saturated carbocycles. The standard InChI is InChI=1S/C19H32O4S/c1-2-3-4-5-6-7-10-15-12-13-17(20)16(15)11-8-9-14-24-19(23)18(21)22/h7,10,15-16,19,23H,2-6,8-9,11-14H2,1H3,(H,21,22)/t15-,16+,19?/m0/s1. The number of hydrogen-bond donors (Lipinski definition) is 2. The Morgan fingerprint density at radius 3 is 2.79 bits per heavy atom. The summed E-state index contributed by atoms with van der Waals surface area (Å²) < 4.78 is 0. The van der Waals surface area contributed by atoms with Gasteiger partial charge in [0.25, 0.3) is 0 Å². The van der Waals surface area contributed by atoms with Crippen LogP contribution in [0.2, 0.25) is 0 Å². The van der Waals surface area contributed by atoms with Crippen molar-refractivity contribution in [2.24, 2.45) is 11.8 Å². The van der Waals surface area contributed by atoms with Crippen LogP contribution >= 0.6 is 11.8 Å². The number of carboxylic acids is 1. The van der Waals surface area contributed by atoms with Gasteiger partial charge in [-0.15, -0.1) is 11.8 Å². The summed E-state index contributed by atoms with van der Waals surface area (Å²) in [5, 5.41) is 17.8. The Labute approximate surface area is 150 Å². The molecule has 4 nitrogen and oxygen atoms in total. The minimum atomic E-state index is -1.33. The molecule has 138 valence electrons. The maximum Gasteiger partial charge on any atom is 0.343 e. The summed E-state index contributed by atoms with van der Waals surface area (Å²) in [4.78, 5) is 22.6. The number of carbonyl (C=O) groups is 2. The van der Waals surface area contributed by atoms with E-state index >= 15 is 0 Å². The number of Topliss-reactive ketones (excluding diaryl/α,β-unsaturated/α-hetero) is 1. The van der Waals surface area contributed by atoms with Crippen LogP contribution in [0.25, 0.3) is 0 Å². The Balaban J connectivity index is 2.22. The quantitative estimate of drug-likeness (QED) is 0.290. The molecule has 1 fully saturated rings. The molecular weight excluding hydrogens is 324 g/mol. The van der Waals surface area contributed by atoms with Crippen LogP contribution in [0.15, 0.2) is 12.2 Å². The zero-order valence-corrected chi connectivity index (χ0v) is 15.6. The van der Waals surface area contributed by atoms with Crippen molar-refractivity contribution in [2.45, 2.75) is 76.6 Å². The molecule has 3 atom stereocenters. The number of ketones is 1. The third-order valence-corrected chi connectivity index (χ3v) is 5.70. The van der Waals surface area contributed by atoms with Crippen LogP contribution in [0.4, 0.5) is 0 Å². The molecule has 2 N–H and O–H groups in total. The van der Waals surface area contributed by atoms with Gasteiger partial charge in [0, 0.05) is 12.3 Å². The lowest BCUT2D eigenvalue weighted by Gasteiger charge is -2.15. The summed E-state index contributed by atoms with van der Waals surface area (Å²) in [5.41, 5.74) is -1.33. The number of carboxylic acid groups (broad SMARTS) is 1. The molecule has 0 spiro atoms. The summed E-state index contributed by atoms with van der Waals surface area (Å²) in [6.07, 6.45) is 15.0. The molecule has 1 aliphatic rings. The molecule has 0 saturated heterocycles. The third-order valence-electron chi connectivity index (χ3n) is 4.66. The van der Waals surface area contributed by atoms with Gasteiger partial charge >= 0.3 is 5.97 Å². The summed E-state index contributed by atoms with van der Waals surface area (Å²) >= 11 is 1.05. The summed E-state index contributed by atoms with van der Waals surface area (Å²) in [6.45, 7) is 2.21. The number of aliphatic carboxylic acids is 1. The van der Waals surface area contributed by atoms with Crippen LogP contribution in [0.5, 0.6) is 0 Å². The van der Waals surface area contributed by atoms with Crippen LogP contribution in [-0.2, 0) is 9.59 Å². The minimum Gasteiger partial charge on any atom is -0.479 e. The second kappa shape index (κ2) is 12.5. The van der Waals surface area contributed by atoms with Gasteiger partial charge in [-0.1, -0.05) is 44.8 Å². The Hall–Kier alpha value is -0.810. The Morgan fingerprint density at radius 1 is 1.29 bits per heavy atom. The lowest BCUT2D eigenvalue weighted by Crippen LogP contribution is -2.16. The molecule has 24 heavy (non-hydrogen) atoms. The topological polar surface area (TPSA) is 74.6 Å². The Morgan fingerprint density at radius 2 is 2.08 bits per heavy atom. The van der Waals surface area contributed by atoms with Crippen LogP contribution < -0.4 is 0 Å². The second-order valence-electron chi connectivity index (χ2n) is 6.61. The van der Waals surface area contributed by atoms with Crippen LogP contribution in [0, 0.1) is 11.8 Å². The van der Waals surface area contributed by atoms with E-state index in [0.29, 0.717) is 23.9 Å². The first kappa shape index (κ1) is 21.2. The van der Waals surface area contributed by atoms with Crippen molar-refractivity contribution in [1.29, 1.82) is 0 Å². The normalized spacial score (nSPS) is 22.3. The number of rotatable bonds is 13. The predicted molar refractivity (Wildman–Crippen MR) is 99.1 cm³/mol. The van der Waals surface area contributed by atoms with Crippen LogP contribution in [-0.4, -0.2) is 33.2 Å². The van der Waals surface area contributed by atoms with Gasteiger partial charge in [0.1, 0.15) is 5.78 Å². The lowest BCUT2D eigenvalue weighted by atomic mass is 9.90. The van der Waals surface area contributed by atoms with E-state index in [1.807, 2.05) is 0 Å². The molecule has 1 rings (SSSR count). The van der Waals surface area contributed by atoms with Crippen molar-refractivity contribution < 1.29 is 19.8 Å². The highest BCUT2D eigenvalue weighted by molar-refractivity contribution is 8.00. The van der Waals surface area contributed by atoms with Gasteiger partial charge in [-0.25, -0.2) is 4.79 Å². The van der Waals surface area contributed by atoms with E-state index in [0.717, 1.165) is 43.9 Å². The van der Waals surface area contributed by atoms with E-state index in [9.17, 15) is 14.7 Å². The van der Waals surface area contributed by atoms with Gasteiger partial charge in [-0.2, -0.15) is 0 Å². The lowest BCUT2D eigenvalue weighted by molar-refractivity contribution is -0.141. The van der Waals surface area contributed by atoms with E-state index in [-0.39, 0.29) is 5.92 Å². The maximum atomic E-state index is 12.1. The van der Waals surface area contributed by atoms with Gasteiger partial charge < -0.3 is 10.2 Å². The first-order chi connectivity index (χ1) is 11.6. The Kier molecular flexibility index (Phi) is 11.1.